The summed E-state index contributed by atoms with van der Waals surface area (Å²) in [6.45, 7) is 3.66. The second kappa shape index (κ2) is 7.01. The highest BCUT2D eigenvalue weighted by Crippen LogP contribution is 2.56. The van der Waals surface area contributed by atoms with Gasteiger partial charge < -0.3 is 20.7 Å². The van der Waals surface area contributed by atoms with E-state index < -0.39 is 16.9 Å². The summed E-state index contributed by atoms with van der Waals surface area (Å²) in [5.74, 6) is -0.686. The zero-order valence-electron chi connectivity index (χ0n) is 16.9. The van der Waals surface area contributed by atoms with E-state index >= 15 is 0 Å². The first-order valence-electron chi connectivity index (χ1n) is 10.5. The number of fused-ring (bicyclic) bond motifs is 3. The van der Waals surface area contributed by atoms with Crippen molar-refractivity contribution in [3.05, 3.63) is 28.8 Å². The van der Waals surface area contributed by atoms with Gasteiger partial charge in [-0.25, -0.2) is 0 Å². The van der Waals surface area contributed by atoms with Gasteiger partial charge in [0.2, 0.25) is 0 Å². The molecule has 4 rings (SSSR count). The van der Waals surface area contributed by atoms with Crippen LogP contribution in [0.1, 0.15) is 66.9 Å². The number of likely N-dealkylation sites (N-methyl/N-ethyl adjacent to an activating group) is 1. The number of primary amides is 1. The Balaban J connectivity index is 1.78. The molecule has 0 radical (unpaired) electrons. The zero-order chi connectivity index (χ0) is 20.1. The number of amides is 1. The van der Waals surface area contributed by atoms with E-state index in [2.05, 4.69) is 11.9 Å². The molecular weight excluding hydrogens is 356 g/mol. The first-order valence-corrected chi connectivity index (χ1v) is 10.5. The molecule has 1 heterocycles. The van der Waals surface area contributed by atoms with Crippen LogP contribution in [0, 0.1) is 0 Å². The lowest BCUT2D eigenvalue weighted by atomic mass is 9.53. The van der Waals surface area contributed by atoms with E-state index in [1.165, 1.54) is 0 Å². The Morgan fingerprint density at radius 2 is 2.07 bits per heavy atom. The minimum absolute atomic E-state index is 0.0481. The zero-order valence-corrected chi connectivity index (χ0v) is 16.9. The fraction of sp³-hybridized carbons (Fsp3) is 0.682. The predicted molar refractivity (Wildman–Crippen MR) is 106 cm³/mol. The van der Waals surface area contributed by atoms with Crippen LogP contribution in [-0.4, -0.2) is 59.0 Å². The van der Waals surface area contributed by atoms with Gasteiger partial charge in [-0.1, -0.05) is 25.8 Å². The van der Waals surface area contributed by atoms with E-state index in [0.717, 1.165) is 50.8 Å². The topological polar surface area (TPSA) is 96.0 Å². The molecule has 1 aromatic rings. The number of aromatic hydroxyl groups is 1. The van der Waals surface area contributed by atoms with Gasteiger partial charge in [0, 0.05) is 30.2 Å². The number of carbonyl (C=O) groups is 1. The third kappa shape index (κ3) is 2.85. The summed E-state index contributed by atoms with van der Waals surface area (Å²) in [5, 5.41) is 23.0. The number of hydrogen-bond donors (Lipinski definition) is 3. The lowest BCUT2D eigenvalue weighted by Crippen LogP contribution is -2.67. The van der Waals surface area contributed by atoms with Crippen molar-refractivity contribution in [2.24, 2.45) is 5.73 Å². The van der Waals surface area contributed by atoms with E-state index in [-0.39, 0.29) is 23.5 Å². The minimum atomic E-state index is -0.973. The van der Waals surface area contributed by atoms with Crippen LogP contribution in [0.15, 0.2) is 12.1 Å². The highest BCUT2D eigenvalue weighted by Gasteiger charge is 2.59. The third-order valence-electron chi connectivity index (χ3n) is 7.53. The first-order chi connectivity index (χ1) is 13.3. The number of rotatable bonds is 4. The van der Waals surface area contributed by atoms with Gasteiger partial charge in [0.1, 0.15) is 5.75 Å². The van der Waals surface area contributed by atoms with Crippen LogP contribution < -0.4 is 5.73 Å². The second-order valence-electron chi connectivity index (χ2n) is 9.12. The maximum Gasteiger partial charge on any atom is 0.252 e. The molecule has 4 N–H and O–H groups in total. The van der Waals surface area contributed by atoms with Crippen molar-refractivity contribution in [3.8, 4) is 5.75 Å². The van der Waals surface area contributed by atoms with Crippen LogP contribution in [0.4, 0.5) is 0 Å². The average Bonchev–Trinajstić information content (AvgIpc) is 3.14. The highest BCUT2D eigenvalue weighted by atomic mass is 16.5. The van der Waals surface area contributed by atoms with Crippen molar-refractivity contribution in [1.82, 2.24) is 4.90 Å². The molecule has 1 saturated carbocycles. The maximum atomic E-state index is 12.0. The fourth-order valence-corrected chi connectivity index (χ4v) is 5.99. The third-order valence-corrected chi connectivity index (χ3v) is 7.53. The molecule has 6 nitrogen and oxygen atoms in total. The molecule has 2 unspecified atom stereocenters. The molecule has 0 bridgehead atoms. The number of benzene rings is 1. The van der Waals surface area contributed by atoms with Crippen LogP contribution in [-0.2, 0) is 16.6 Å². The molecule has 6 heteroatoms. The Morgan fingerprint density at radius 1 is 1.32 bits per heavy atom. The Bertz CT molecular complexity index is 776. The monoisotopic (exact) mass is 388 g/mol. The summed E-state index contributed by atoms with van der Waals surface area (Å²) in [4.78, 5) is 14.0. The van der Waals surface area contributed by atoms with Gasteiger partial charge in [0.05, 0.1) is 17.3 Å². The van der Waals surface area contributed by atoms with Crippen molar-refractivity contribution >= 4 is 5.91 Å². The first kappa shape index (κ1) is 19.7. The molecule has 154 valence electrons. The lowest BCUT2D eigenvalue weighted by Gasteiger charge is -2.58. The molecule has 4 atom stereocenters. The molecule has 0 aromatic heterocycles. The number of nitrogens with zero attached hydrogens (tertiary/aromatic N) is 1. The summed E-state index contributed by atoms with van der Waals surface area (Å²) in [5.41, 5.74) is 5.74. The van der Waals surface area contributed by atoms with E-state index in [1.807, 2.05) is 13.0 Å². The van der Waals surface area contributed by atoms with Crippen molar-refractivity contribution in [2.75, 3.05) is 20.2 Å². The molecule has 0 spiro atoms. The molecule has 1 saturated heterocycles. The fourth-order valence-electron chi connectivity index (χ4n) is 5.99. The van der Waals surface area contributed by atoms with Gasteiger partial charge in [0.25, 0.3) is 5.91 Å². The molecule has 3 aliphatic rings. The standard InChI is InChI=1S/C22H32N2O4/c1-21-9-3-4-10-22(21,27)17(24(2)13-15-6-5-11-28-15)12-14-7-8-16(20(23)26)19(25)18(14)21/h7-8,15,17,25,27H,3-6,9-13H2,1-2H3,(H2,23,26)/t15?,17-,21?,22-/m1/s1. The van der Waals surface area contributed by atoms with Gasteiger partial charge in [-0.2, -0.15) is 0 Å². The molecule has 1 aliphatic heterocycles. The van der Waals surface area contributed by atoms with Gasteiger partial charge in [-0.15, -0.1) is 0 Å². The Labute approximate surface area is 166 Å². The van der Waals surface area contributed by atoms with Crippen LogP contribution in [0.25, 0.3) is 0 Å². The average molecular weight is 389 g/mol. The van der Waals surface area contributed by atoms with E-state index in [0.29, 0.717) is 18.4 Å². The molecule has 1 amide bonds. The highest BCUT2D eigenvalue weighted by molar-refractivity contribution is 5.96. The molecule has 2 fully saturated rings. The van der Waals surface area contributed by atoms with Crippen LogP contribution in [0.5, 0.6) is 5.75 Å². The largest absolute Gasteiger partial charge is 0.507 e. The van der Waals surface area contributed by atoms with Crippen molar-refractivity contribution in [1.29, 1.82) is 0 Å². The number of hydrogen-bond acceptors (Lipinski definition) is 5. The lowest BCUT2D eigenvalue weighted by molar-refractivity contribution is -0.130. The predicted octanol–water partition coefficient (Wildman–Crippen LogP) is 2.09. The van der Waals surface area contributed by atoms with Crippen LogP contribution in [0.2, 0.25) is 0 Å². The number of carbonyl (C=O) groups excluding carboxylic acids is 1. The Kier molecular flexibility index (Phi) is 4.92. The van der Waals surface area contributed by atoms with Crippen molar-refractivity contribution < 1.29 is 19.7 Å². The number of phenols is 1. The van der Waals surface area contributed by atoms with Gasteiger partial charge in [0.15, 0.2) is 0 Å². The molecule has 1 aromatic carbocycles. The summed E-state index contributed by atoms with van der Waals surface area (Å²) in [6, 6.07) is 3.46. The SMILES string of the molecule is CN(CC1CCCO1)[C@@H]1Cc2ccc(C(N)=O)c(O)c2C2(C)CCCC[C@@]12O. The van der Waals surface area contributed by atoms with E-state index in [4.69, 9.17) is 10.5 Å². The smallest absolute Gasteiger partial charge is 0.252 e. The van der Waals surface area contributed by atoms with E-state index in [1.54, 1.807) is 6.07 Å². The van der Waals surface area contributed by atoms with Crippen LogP contribution >= 0.6 is 0 Å². The number of ether oxygens (including phenoxy) is 1. The van der Waals surface area contributed by atoms with Crippen molar-refractivity contribution in [3.63, 3.8) is 0 Å². The molecule has 28 heavy (non-hydrogen) atoms. The van der Waals surface area contributed by atoms with Gasteiger partial charge >= 0.3 is 0 Å². The van der Waals surface area contributed by atoms with Crippen molar-refractivity contribution in [2.45, 2.75) is 75.0 Å². The van der Waals surface area contributed by atoms with Gasteiger partial charge in [-0.3, -0.25) is 9.69 Å². The Morgan fingerprint density at radius 3 is 2.75 bits per heavy atom. The van der Waals surface area contributed by atoms with Crippen LogP contribution in [0.3, 0.4) is 0 Å². The molecule has 2 aliphatic carbocycles. The minimum Gasteiger partial charge on any atom is -0.507 e. The maximum absolute atomic E-state index is 12.0. The summed E-state index contributed by atoms with van der Waals surface area (Å²) >= 11 is 0. The second-order valence-corrected chi connectivity index (χ2v) is 9.12. The normalized spacial score (nSPS) is 34.9. The summed E-state index contributed by atoms with van der Waals surface area (Å²) < 4.78 is 5.82. The number of aliphatic hydroxyl groups is 1. The summed E-state index contributed by atoms with van der Waals surface area (Å²) in [7, 11) is 2.07. The van der Waals surface area contributed by atoms with E-state index in [9.17, 15) is 15.0 Å². The van der Waals surface area contributed by atoms with Gasteiger partial charge in [-0.05, 0) is 50.8 Å². The summed E-state index contributed by atoms with van der Waals surface area (Å²) in [6.07, 6.45) is 6.42. The number of nitrogens with two attached hydrogens (primary N) is 1. The molecular formula is C22H32N2O4. The quantitative estimate of drug-likeness (QED) is 0.734. The Hall–Kier alpha value is -1.63.